The van der Waals surface area contributed by atoms with Crippen LogP contribution in [0.2, 0.25) is 0 Å². The zero-order chi connectivity index (χ0) is 20.8. The molecule has 2 aromatic heterocycles. The summed E-state index contributed by atoms with van der Waals surface area (Å²) in [7, 11) is 1.79. The van der Waals surface area contributed by atoms with Crippen molar-refractivity contribution in [2.24, 2.45) is 5.10 Å². The summed E-state index contributed by atoms with van der Waals surface area (Å²) < 4.78 is 1.69. The first kappa shape index (κ1) is 19.3. The van der Waals surface area contributed by atoms with Gasteiger partial charge in [-0.15, -0.1) is 0 Å². The van der Waals surface area contributed by atoms with Crippen LogP contribution in [0.5, 0.6) is 0 Å². The van der Waals surface area contributed by atoms with Crippen LogP contribution in [0.25, 0.3) is 5.82 Å². The fraction of sp³-hybridized carbons (Fsp3) is 0.158. The molecule has 144 valence electrons. The van der Waals surface area contributed by atoms with E-state index >= 15 is 0 Å². The summed E-state index contributed by atoms with van der Waals surface area (Å²) in [4.78, 5) is 8.43. The molecule has 3 N–H and O–H groups in total. The Morgan fingerprint density at radius 1 is 1.10 bits per heavy atom. The number of aromatic nitrogens is 4. The van der Waals surface area contributed by atoms with Gasteiger partial charge in [-0.3, -0.25) is 5.43 Å². The van der Waals surface area contributed by atoms with Crippen LogP contribution in [0, 0.1) is 36.5 Å². The van der Waals surface area contributed by atoms with Crippen LogP contribution in [-0.2, 0) is 0 Å². The van der Waals surface area contributed by atoms with E-state index in [0.717, 1.165) is 22.8 Å². The minimum Gasteiger partial charge on any atom is -0.373 e. The van der Waals surface area contributed by atoms with Gasteiger partial charge in [-0.05, 0) is 31.5 Å². The molecule has 0 saturated carbocycles. The third-order valence-electron chi connectivity index (χ3n) is 3.97. The Kier molecular flexibility index (Phi) is 5.66. The number of nitrogens with zero attached hydrogens (tertiary/aromatic N) is 7. The first-order chi connectivity index (χ1) is 14.0. The van der Waals surface area contributed by atoms with E-state index in [1.54, 1.807) is 29.9 Å². The highest BCUT2D eigenvalue weighted by Gasteiger charge is 2.11. The predicted molar refractivity (Wildman–Crippen MR) is 110 cm³/mol. The molecular weight excluding hydrogens is 368 g/mol. The van der Waals surface area contributed by atoms with Crippen LogP contribution in [0.1, 0.15) is 11.3 Å². The van der Waals surface area contributed by atoms with Gasteiger partial charge in [0.25, 0.3) is 0 Å². The van der Waals surface area contributed by atoms with Gasteiger partial charge in [0.05, 0.1) is 11.4 Å². The number of benzene rings is 1. The molecule has 0 aliphatic rings. The van der Waals surface area contributed by atoms with Gasteiger partial charge in [-0.25, -0.2) is 9.97 Å². The first-order valence-corrected chi connectivity index (χ1v) is 8.62. The number of aryl methyl sites for hydroxylation is 2. The summed E-state index contributed by atoms with van der Waals surface area (Å²) in [5.41, 5.74) is 5.72. The second-order valence-electron chi connectivity index (χ2n) is 6.04. The Balaban J connectivity index is 1.93. The Labute approximate surface area is 167 Å². The van der Waals surface area contributed by atoms with Crippen molar-refractivity contribution in [1.29, 1.82) is 10.5 Å². The number of nitriles is 2. The van der Waals surface area contributed by atoms with Crippen molar-refractivity contribution in [3.63, 3.8) is 0 Å². The van der Waals surface area contributed by atoms with E-state index in [-0.39, 0.29) is 5.71 Å². The third kappa shape index (κ3) is 4.46. The standard InChI is InChI=1S/C19H18N10/c1-12-4-5-14(26-27-15(9-20)10-21)7-16(12)25-19-6-13(2)28-29(19)18-8-17(22-3)23-11-24-18/h4-8,11,25-26H,1-3H3,(H,22,23,24). The second-order valence-corrected chi connectivity index (χ2v) is 6.04. The monoisotopic (exact) mass is 386 g/mol. The topological polar surface area (TPSA) is 140 Å². The molecule has 10 heteroatoms. The summed E-state index contributed by atoms with van der Waals surface area (Å²) >= 11 is 0. The molecule has 0 atom stereocenters. The molecule has 1 aromatic carbocycles. The molecule has 0 bridgehead atoms. The fourth-order valence-electron chi connectivity index (χ4n) is 2.52. The van der Waals surface area contributed by atoms with Gasteiger partial charge in [-0.2, -0.15) is 25.4 Å². The molecule has 0 saturated heterocycles. The number of hydrazone groups is 1. The normalized spacial score (nSPS) is 9.83. The molecule has 0 radical (unpaired) electrons. The molecule has 3 rings (SSSR count). The zero-order valence-electron chi connectivity index (χ0n) is 16.1. The van der Waals surface area contributed by atoms with Gasteiger partial charge < -0.3 is 10.6 Å². The van der Waals surface area contributed by atoms with E-state index in [0.29, 0.717) is 17.3 Å². The van der Waals surface area contributed by atoms with Crippen molar-refractivity contribution in [3.05, 3.63) is 47.9 Å². The van der Waals surface area contributed by atoms with E-state index in [4.69, 9.17) is 10.5 Å². The van der Waals surface area contributed by atoms with Crippen LogP contribution in [0.4, 0.5) is 23.0 Å². The van der Waals surface area contributed by atoms with Gasteiger partial charge in [0.15, 0.2) is 5.82 Å². The lowest BCUT2D eigenvalue weighted by molar-refractivity contribution is 0.833. The Hall–Kier alpha value is -4.44. The Morgan fingerprint density at radius 3 is 2.62 bits per heavy atom. The maximum Gasteiger partial charge on any atom is 0.237 e. The number of nitrogens with one attached hydrogen (secondary N) is 3. The highest BCUT2D eigenvalue weighted by Crippen LogP contribution is 2.26. The summed E-state index contributed by atoms with van der Waals surface area (Å²) in [5.74, 6) is 2.02. The van der Waals surface area contributed by atoms with Gasteiger partial charge in [0.2, 0.25) is 5.71 Å². The maximum absolute atomic E-state index is 8.80. The van der Waals surface area contributed by atoms with Gasteiger partial charge >= 0.3 is 0 Å². The highest BCUT2D eigenvalue weighted by atomic mass is 15.4. The van der Waals surface area contributed by atoms with Crippen LogP contribution in [-0.4, -0.2) is 32.5 Å². The van der Waals surface area contributed by atoms with Crippen molar-refractivity contribution in [1.82, 2.24) is 19.7 Å². The minimum absolute atomic E-state index is 0.252. The van der Waals surface area contributed by atoms with Crippen molar-refractivity contribution in [2.45, 2.75) is 13.8 Å². The van der Waals surface area contributed by atoms with Crippen molar-refractivity contribution in [2.75, 3.05) is 23.1 Å². The molecule has 29 heavy (non-hydrogen) atoms. The predicted octanol–water partition coefficient (Wildman–Crippen LogP) is 2.88. The first-order valence-electron chi connectivity index (χ1n) is 8.62. The van der Waals surface area contributed by atoms with Crippen LogP contribution >= 0.6 is 0 Å². The number of hydrogen-bond donors (Lipinski definition) is 3. The number of hydrogen-bond acceptors (Lipinski definition) is 9. The van der Waals surface area contributed by atoms with Crippen molar-refractivity contribution >= 4 is 28.7 Å². The zero-order valence-corrected chi connectivity index (χ0v) is 16.1. The number of rotatable bonds is 6. The molecular formula is C19H18N10. The smallest absolute Gasteiger partial charge is 0.237 e. The molecule has 2 heterocycles. The number of anilines is 4. The molecule has 0 spiro atoms. The second kappa shape index (κ2) is 8.50. The van der Waals surface area contributed by atoms with Crippen LogP contribution < -0.4 is 16.1 Å². The minimum atomic E-state index is -0.252. The van der Waals surface area contributed by atoms with Crippen LogP contribution in [0.15, 0.2) is 41.8 Å². The van der Waals surface area contributed by atoms with E-state index in [1.807, 2.05) is 38.1 Å². The van der Waals surface area contributed by atoms with E-state index in [9.17, 15) is 0 Å². The Bertz CT molecular complexity index is 1130. The SMILES string of the molecule is CNc1cc(-n2nc(C)cc2Nc2cc(NN=C(C#N)C#N)ccc2C)ncn1. The molecule has 0 aliphatic heterocycles. The average molecular weight is 386 g/mol. The lowest BCUT2D eigenvalue weighted by atomic mass is 10.2. The lowest BCUT2D eigenvalue weighted by Crippen LogP contribution is -2.07. The van der Waals surface area contributed by atoms with Crippen molar-refractivity contribution in [3.8, 4) is 18.0 Å². The summed E-state index contributed by atoms with van der Waals surface area (Å²) in [5, 5.41) is 32.2. The highest BCUT2D eigenvalue weighted by molar-refractivity contribution is 6.10. The molecule has 0 aliphatic carbocycles. The average Bonchev–Trinajstić information content (AvgIpc) is 3.11. The van der Waals surface area contributed by atoms with Gasteiger partial charge in [0.1, 0.15) is 30.1 Å². The lowest BCUT2D eigenvalue weighted by Gasteiger charge is -2.13. The van der Waals surface area contributed by atoms with Crippen LogP contribution in [0.3, 0.4) is 0 Å². The van der Waals surface area contributed by atoms with Gasteiger partial charge in [-0.1, -0.05) is 6.07 Å². The largest absolute Gasteiger partial charge is 0.373 e. The summed E-state index contributed by atoms with van der Waals surface area (Å²) in [6.45, 7) is 3.86. The molecule has 3 aromatic rings. The Morgan fingerprint density at radius 2 is 1.90 bits per heavy atom. The van der Waals surface area contributed by atoms with Crippen molar-refractivity contribution < 1.29 is 0 Å². The molecule has 0 fully saturated rings. The fourth-order valence-corrected chi connectivity index (χ4v) is 2.52. The summed E-state index contributed by atoms with van der Waals surface area (Å²) in [6.07, 6.45) is 1.47. The van der Waals surface area contributed by atoms with E-state index in [1.165, 1.54) is 6.33 Å². The van der Waals surface area contributed by atoms with E-state index < -0.39 is 0 Å². The molecule has 0 unspecified atom stereocenters. The molecule has 0 amide bonds. The van der Waals surface area contributed by atoms with E-state index in [2.05, 4.69) is 36.2 Å². The molecule has 10 nitrogen and oxygen atoms in total. The third-order valence-corrected chi connectivity index (χ3v) is 3.97. The quantitative estimate of drug-likeness (QED) is 0.434. The maximum atomic E-state index is 8.80. The van der Waals surface area contributed by atoms with Gasteiger partial charge in [0, 0.05) is 24.9 Å². The summed E-state index contributed by atoms with van der Waals surface area (Å²) in [6, 6.07) is 12.7.